The second kappa shape index (κ2) is 5.03. The lowest BCUT2D eigenvalue weighted by molar-refractivity contribution is -0.122. The van der Waals surface area contributed by atoms with Crippen molar-refractivity contribution in [2.75, 3.05) is 7.11 Å². The Balaban J connectivity index is 2.49. The standard InChI is InChI=1S/C15H17FO3/c1-8-4-11(9(2)13(17)5-8)10-6-12(16)15(18)14(7-10)19-3/h4,6-7,9,11,18H,5H2,1-3H3. The first-order chi connectivity index (χ1) is 8.93. The van der Waals surface area contributed by atoms with Gasteiger partial charge in [0.25, 0.3) is 0 Å². The quantitative estimate of drug-likeness (QED) is 0.834. The number of hydrogen-bond donors (Lipinski definition) is 1. The fourth-order valence-corrected chi connectivity index (χ4v) is 2.47. The number of ketones is 1. The van der Waals surface area contributed by atoms with Gasteiger partial charge in [0.2, 0.25) is 0 Å². The van der Waals surface area contributed by atoms with Crippen molar-refractivity contribution in [3.05, 3.63) is 35.2 Å². The molecule has 0 fully saturated rings. The van der Waals surface area contributed by atoms with Crippen molar-refractivity contribution in [1.82, 2.24) is 0 Å². The summed E-state index contributed by atoms with van der Waals surface area (Å²) in [5.41, 5.74) is 1.63. The molecule has 3 nitrogen and oxygen atoms in total. The number of phenols is 1. The van der Waals surface area contributed by atoms with Crippen LogP contribution in [0.3, 0.4) is 0 Å². The van der Waals surface area contributed by atoms with Crippen molar-refractivity contribution in [2.45, 2.75) is 26.2 Å². The average molecular weight is 264 g/mol. The van der Waals surface area contributed by atoms with Gasteiger partial charge < -0.3 is 9.84 Å². The van der Waals surface area contributed by atoms with E-state index in [0.717, 1.165) is 5.57 Å². The minimum absolute atomic E-state index is 0.0891. The van der Waals surface area contributed by atoms with E-state index in [0.29, 0.717) is 12.0 Å². The van der Waals surface area contributed by atoms with Crippen molar-refractivity contribution >= 4 is 5.78 Å². The average Bonchev–Trinajstić information content (AvgIpc) is 2.37. The van der Waals surface area contributed by atoms with Crippen molar-refractivity contribution < 1.29 is 19.0 Å². The number of aromatic hydroxyl groups is 1. The Kier molecular flexibility index (Phi) is 3.60. The number of rotatable bonds is 2. The Labute approximate surface area is 111 Å². The summed E-state index contributed by atoms with van der Waals surface area (Å²) in [5, 5.41) is 9.51. The topological polar surface area (TPSA) is 46.5 Å². The molecule has 0 aliphatic heterocycles. The van der Waals surface area contributed by atoms with Crippen molar-refractivity contribution in [2.24, 2.45) is 5.92 Å². The fraction of sp³-hybridized carbons (Fsp3) is 0.400. The lowest BCUT2D eigenvalue weighted by Gasteiger charge is -2.26. The van der Waals surface area contributed by atoms with Gasteiger partial charge in [-0.15, -0.1) is 0 Å². The number of allylic oxidation sites excluding steroid dienone is 2. The Bertz CT molecular complexity index is 549. The van der Waals surface area contributed by atoms with Gasteiger partial charge in [0, 0.05) is 18.3 Å². The van der Waals surface area contributed by atoms with Gasteiger partial charge in [-0.05, 0) is 24.6 Å². The van der Waals surface area contributed by atoms with Gasteiger partial charge in [-0.25, -0.2) is 4.39 Å². The molecule has 0 saturated heterocycles. The number of benzene rings is 1. The molecule has 2 atom stereocenters. The zero-order chi connectivity index (χ0) is 14.2. The second-order valence-corrected chi connectivity index (χ2v) is 5.02. The summed E-state index contributed by atoms with van der Waals surface area (Å²) in [6, 6.07) is 2.85. The number of carbonyl (C=O) groups is 1. The highest BCUT2D eigenvalue weighted by molar-refractivity contribution is 5.85. The molecule has 0 radical (unpaired) electrons. The van der Waals surface area contributed by atoms with Gasteiger partial charge in [0.05, 0.1) is 7.11 Å². The molecule has 2 unspecified atom stereocenters. The van der Waals surface area contributed by atoms with Crippen LogP contribution in [0.25, 0.3) is 0 Å². The fourth-order valence-electron chi connectivity index (χ4n) is 2.47. The zero-order valence-corrected chi connectivity index (χ0v) is 11.2. The molecule has 102 valence electrons. The predicted octanol–water partition coefficient (Wildman–Crippen LogP) is 3.18. The normalized spacial score (nSPS) is 23.2. The Morgan fingerprint density at radius 2 is 2.11 bits per heavy atom. The van der Waals surface area contributed by atoms with Gasteiger partial charge in [-0.3, -0.25) is 4.79 Å². The number of Topliss-reactive ketones (excluding diaryl/α,β-unsaturated/α-hetero) is 1. The van der Waals surface area contributed by atoms with E-state index in [9.17, 15) is 14.3 Å². The van der Waals surface area contributed by atoms with Gasteiger partial charge in [-0.1, -0.05) is 18.6 Å². The molecule has 19 heavy (non-hydrogen) atoms. The molecule has 0 amide bonds. The molecule has 2 rings (SSSR count). The molecule has 4 heteroatoms. The maximum Gasteiger partial charge on any atom is 0.194 e. The van der Waals surface area contributed by atoms with Gasteiger partial charge in [0.1, 0.15) is 5.78 Å². The molecule has 0 aromatic heterocycles. The number of hydrogen-bond acceptors (Lipinski definition) is 3. The number of halogens is 1. The van der Waals surface area contributed by atoms with E-state index in [1.54, 1.807) is 6.07 Å². The zero-order valence-electron chi connectivity index (χ0n) is 11.2. The van der Waals surface area contributed by atoms with Crippen LogP contribution >= 0.6 is 0 Å². The minimum atomic E-state index is -0.731. The van der Waals surface area contributed by atoms with Crippen LogP contribution in [0.5, 0.6) is 11.5 Å². The summed E-state index contributed by atoms with van der Waals surface area (Å²) in [6.45, 7) is 3.73. The molecule has 0 bridgehead atoms. The van der Waals surface area contributed by atoms with E-state index >= 15 is 0 Å². The van der Waals surface area contributed by atoms with Crippen molar-refractivity contribution in [3.8, 4) is 11.5 Å². The highest BCUT2D eigenvalue weighted by atomic mass is 19.1. The second-order valence-electron chi connectivity index (χ2n) is 5.02. The summed E-state index contributed by atoms with van der Waals surface area (Å²) in [7, 11) is 1.37. The Morgan fingerprint density at radius 3 is 2.74 bits per heavy atom. The molecular weight excluding hydrogens is 247 g/mol. The van der Waals surface area contributed by atoms with Crippen LogP contribution < -0.4 is 4.74 Å². The summed E-state index contributed by atoms with van der Waals surface area (Å²) >= 11 is 0. The van der Waals surface area contributed by atoms with E-state index in [-0.39, 0.29) is 23.4 Å². The van der Waals surface area contributed by atoms with Crippen LogP contribution in [0, 0.1) is 11.7 Å². The number of carbonyl (C=O) groups excluding carboxylic acids is 1. The smallest absolute Gasteiger partial charge is 0.194 e. The van der Waals surface area contributed by atoms with E-state index in [2.05, 4.69) is 0 Å². The van der Waals surface area contributed by atoms with E-state index in [4.69, 9.17) is 4.74 Å². The number of phenolic OH excluding ortho intramolecular Hbond substituents is 1. The van der Waals surface area contributed by atoms with Gasteiger partial charge >= 0.3 is 0 Å². The third-order valence-electron chi connectivity index (χ3n) is 3.62. The van der Waals surface area contributed by atoms with E-state index in [1.807, 2.05) is 19.9 Å². The van der Waals surface area contributed by atoms with Gasteiger partial charge in [-0.2, -0.15) is 0 Å². The first-order valence-electron chi connectivity index (χ1n) is 6.20. The highest BCUT2D eigenvalue weighted by Gasteiger charge is 2.29. The Hall–Kier alpha value is -1.84. The summed E-state index contributed by atoms with van der Waals surface area (Å²) in [6.07, 6.45) is 2.44. The molecule has 1 aliphatic rings. The van der Waals surface area contributed by atoms with Crippen molar-refractivity contribution in [1.29, 1.82) is 0 Å². The summed E-state index contributed by atoms with van der Waals surface area (Å²) in [5.74, 6) is -1.36. The van der Waals surface area contributed by atoms with E-state index in [1.165, 1.54) is 13.2 Å². The minimum Gasteiger partial charge on any atom is -0.502 e. The molecule has 0 spiro atoms. The van der Waals surface area contributed by atoms with Gasteiger partial charge in [0.15, 0.2) is 17.3 Å². The van der Waals surface area contributed by atoms with Crippen LogP contribution in [0.1, 0.15) is 31.7 Å². The molecule has 1 aromatic rings. The number of methoxy groups -OCH3 is 1. The van der Waals surface area contributed by atoms with Crippen LogP contribution in [-0.2, 0) is 4.79 Å². The third-order valence-corrected chi connectivity index (χ3v) is 3.62. The van der Waals surface area contributed by atoms with Crippen LogP contribution in [0.4, 0.5) is 4.39 Å². The Morgan fingerprint density at radius 1 is 1.42 bits per heavy atom. The predicted molar refractivity (Wildman–Crippen MR) is 69.9 cm³/mol. The maximum atomic E-state index is 13.7. The number of ether oxygens (including phenoxy) is 1. The first kappa shape index (κ1) is 13.6. The van der Waals surface area contributed by atoms with Crippen LogP contribution in [0.15, 0.2) is 23.8 Å². The third kappa shape index (κ3) is 2.48. The van der Waals surface area contributed by atoms with Crippen LogP contribution in [-0.4, -0.2) is 18.0 Å². The monoisotopic (exact) mass is 264 g/mol. The maximum absolute atomic E-state index is 13.7. The summed E-state index contributed by atoms with van der Waals surface area (Å²) in [4.78, 5) is 11.9. The molecule has 1 aliphatic carbocycles. The summed E-state index contributed by atoms with van der Waals surface area (Å²) < 4.78 is 18.6. The van der Waals surface area contributed by atoms with E-state index < -0.39 is 11.6 Å². The molecule has 0 heterocycles. The largest absolute Gasteiger partial charge is 0.502 e. The molecular formula is C15H17FO3. The highest BCUT2D eigenvalue weighted by Crippen LogP contribution is 2.38. The lowest BCUT2D eigenvalue weighted by Crippen LogP contribution is -2.23. The molecule has 0 saturated carbocycles. The SMILES string of the molecule is COc1cc(C2C=C(C)CC(=O)C2C)cc(F)c1O. The van der Waals surface area contributed by atoms with Crippen molar-refractivity contribution in [3.63, 3.8) is 0 Å². The first-order valence-corrected chi connectivity index (χ1v) is 6.20. The molecule has 1 aromatic carbocycles. The molecule has 1 N–H and O–H groups in total. The lowest BCUT2D eigenvalue weighted by atomic mass is 9.77. The van der Waals surface area contributed by atoms with Crippen LogP contribution in [0.2, 0.25) is 0 Å².